The topological polar surface area (TPSA) is 53.6 Å². The number of carbonyl (C=O) groups excluding carboxylic acids is 1. The van der Waals surface area contributed by atoms with E-state index in [0.29, 0.717) is 22.4 Å². The van der Waals surface area contributed by atoms with E-state index in [4.69, 9.17) is 28.6 Å². The number of halogens is 1. The molecule has 2 N–H and O–H groups in total. The average molecular weight is 414 g/mol. The number of amides is 1. The predicted octanol–water partition coefficient (Wildman–Crippen LogP) is 4.12. The Balaban J connectivity index is 1.75. The van der Waals surface area contributed by atoms with Crippen molar-refractivity contribution >= 4 is 40.5 Å². The van der Waals surface area contributed by atoms with Gasteiger partial charge in [-0.25, -0.2) is 0 Å². The van der Waals surface area contributed by atoms with E-state index in [2.05, 4.69) is 17.2 Å². The zero-order valence-electron chi connectivity index (χ0n) is 15.3. The summed E-state index contributed by atoms with van der Waals surface area (Å²) in [5.74, 6) is 0.0488. The summed E-state index contributed by atoms with van der Waals surface area (Å²) in [6.45, 7) is 6.18. The number of benzene rings is 2. The highest BCUT2D eigenvalue weighted by Crippen LogP contribution is 2.48. The first-order valence-corrected chi connectivity index (χ1v) is 9.76. The van der Waals surface area contributed by atoms with Crippen LogP contribution in [0.15, 0.2) is 61.2 Å². The van der Waals surface area contributed by atoms with Crippen molar-refractivity contribution in [3.8, 4) is 5.75 Å². The first kappa shape index (κ1) is 18.8. The molecular weight excluding hydrogens is 394 g/mol. The van der Waals surface area contributed by atoms with Crippen molar-refractivity contribution in [3.05, 3.63) is 71.8 Å². The van der Waals surface area contributed by atoms with E-state index in [1.165, 1.54) is 0 Å². The van der Waals surface area contributed by atoms with E-state index in [9.17, 15) is 4.79 Å². The molecular formula is C21H20ClN3O2S. The molecule has 4 rings (SSSR count). The number of hydrogen-bond acceptors (Lipinski definition) is 3. The molecule has 5 nitrogen and oxygen atoms in total. The van der Waals surface area contributed by atoms with Gasteiger partial charge in [0.1, 0.15) is 11.7 Å². The monoisotopic (exact) mass is 413 g/mol. The maximum Gasteiger partial charge on any atom is 0.236 e. The molecule has 0 aromatic heterocycles. The number of thiocarbonyl (C=S) groups is 1. The normalized spacial score (nSPS) is 25.2. The lowest BCUT2D eigenvalue weighted by Crippen LogP contribution is -2.71. The molecule has 0 saturated carbocycles. The van der Waals surface area contributed by atoms with Crippen LogP contribution in [0.2, 0.25) is 5.02 Å². The van der Waals surface area contributed by atoms with Gasteiger partial charge in [0.2, 0.25) is 5.91 Å². The third-order valence-corrected chi connectivity index (χ3v) is 5.84. The molecule has 2 heterocycles. The molecule has 28 heavy (non-hydrogen) atoms. The Labute approximate surface area is 174 Å². The van der Waals surface area contributed by atoms with Crippen LogP contribution < -0.4 is 15.4 Å². The quantitative estimate of drug-likeness (QED) is 0.583. The highest BCUT2D eigenvalue weighted by molar-refractivity contribution is 7.80. The average Bonchev–Trinajstić information content (AvgIpc) is 2.66. The van der Waals surface area contributed by atoms with Gasteiger partial charge in [-0.3, -0.25) is 4.79 Å². The number of carbonyl (C=O) groups is 1. The number of hydrogen-bond donors (Lipinski definition) is 2. The molecule has 2 bridgehead atoms. The molecule has 0 unspecified atom stereocenters. The molecule has 0 radical (unpaired) electrons. The SMILES string of the molecule is C=CCN1C(=S)N[C@H]2c3ccccc3O[C@@]1(C)[C@@H]2C(=O)Nc1ccc(Cl)cc1. The highest BCUT2D eigenvalue weighted by atomic mass is 35.5. The van der Waals surface area contributed by atoms with E-state index in [-0.39, 0.29) is 11.9 Å². The van der Waals surface area contributed by atoms with E-state index < -0.39 is 11.6 Å². The maximum atomic E-state index is 13.4. The molecule has 3 atom stereocenters. The highest BCUT2D eigenvalue weighted by Gasteiger charge is 2.58. The van der Waals surface area contributed by atoms with Crippen molar-refractivity contribution in [2.24, 2.45) is 5.92 Å². The van der Waals surface area contributed by atoms with Crippen molar-refractivity contribution < 1.29 is 9.53 Å². The van der Waals surface area contributed by atoms with E-state index in [0.717, 1.165) is 11.3 Å². The number of fused-ring (bicyclic) bond motifs is 4. The molecule has 2 aromatic carbocycles. The van der Waals surface area contributed by atoms with Gasteiger partial charge in [-0.1, -0.05) is 35.9 Å². The molecule has 144 valence electrons. The van der Waals surface area contributed by atoms with Crippen molar-refractivity contribution in [3.63, 3.8) is 0 Å². The van der Waals surface area contributed by atoms with Gasteiger partial charge in [0, 0.05) is 22.8 Å². The van der Waals surface area contributed by atoms with Gasteiger partial charge in [0.15, 0.2) is 10.8 Å². The number of nitrogens with zero attached hydrogens (tertiary/aromatic N) is 1. The summed E-state index contributed by atoms with van der Waals surface area (Å²) in [5, 5.41) is 7.48. The van der Waals surface area contributed by atoms with Crippen molar-refractivity contribution in [2.75, 3.05) is 11.9 Å². The smallest absolute Gasteiger partial charge is 0.236 e. The summed E-state index contributed by atoms with van der Waals surface area (Å²) in [5.41, 5.74) is 0.635. The fraction of sp³-hybridized carbons (Fsp3) is 0.238. The molecule has 1 saturated heterocycles. The summed E-state index contributed by atoms with van der Waals surface area (Å²) in [4.78, 5) is 15.2. The van der Waals surface area contributed by atoms with Gasteiger partial charge in [-0.05, 0) is 49.5 Å². The summed E-state index contributed by atoms with van der Waals surface area (Å²) in [7, 11) is 0. The minimum Gasteiger partial charge on any atom is -0.467 e. The molecule has 1 amide bonds. The predicted molar refractivity (Wildman–Crippen MR) is 114 cm³/mol. The summed E-state index contributed by atoms with van der Waals surface area (Å²) in [6.07, 6.45) is 1.75. The third-order valence-electron chi connectivity index (χ3n) is 5.25. The van der Waals surface area contributed by atoms with E-state index in [1.807, 2.05) is 36.1 Å². The van der Waals surface area contributed by atoms with Gasteiger partial charge in [0.25, 0.3) is 0 Å². The number of nitrogens with one attached hydrogen (secondary N) is 2. The van der Waals surface area contributed by atoms with Gasteiger partial charge in [-0.2, -0.15) is 0 Å². The summed E-state index contributed by atoms with van der Waals surface area (Å²) in [6, 6.07) is 14.5. The Bertz CT molecular complexity index is 949. The van der Waals surface area contributed by atoms with Crippen LogP contribution >= 0.6 is 23.8 Å². The minimum atomic E-state index is -0.952. The van der Waals surface area contributed by atoms with E-state index in [1.54, 1.807) is 30.3 Å². The number of anilines is 1. The van der Waals surface area contributed by atoms with Gasteiger partial charge in [0.05, 0.1) is 6.04 Å². The Morgan fingerprint density at radius 2 is 2.07 bits per heavy atom. The molecule has 1 fully saturated rings. The summed E-state index contributed by atoms with van der Waals surface area (Å²) < 4.78 is 6.39. The van der Waals surface area contributed by atoms with Crippen molar-refractivity contribution in [2.45, 2.75) is 18.7 Å². The van der Waals surface area contributed by atoms with Crippen LogP contribution in [0.25, 0.3) is 0 Å². The van der Waals surface area contributed by atoms with Crippen LogP contribution in [0.4, 0.5) is 5.69 Å². The lowest BCUT2D eigenvalue weighted by molar-refractivity contribution is -0.147. The van der Waals surface area contributed by atoms with Crippen LogP contribution in [0.5, 0.6) is 5.75 Å². The second kappa shape index (κ2) is 7.11. The first-order valence-electron chi connectivity index (χ1n) is 8.97. The third kappa shape index (κ3) is 3.02. The fourth-order valence-electron chi connectivity index (χ4n) is 3.94. The maximum absolute atomic E-state index is 13.4. The van der Waals surface area contributed by atoms with Crippen LogP contribution in [0.1, 0.15) is 18.5 Å². The van der Waals surface area contributed by atoms with Crippen LogP contribution in [0, 0.1) is 5.92 Å². The fourth-order valence-corrected chi connectivity index (χ4v) is 4.45. The Hall–Kier alpha value is -2.57. The molecule has 0 spiro atoms. The molecule has 7 heteroatoms. The lowest BCUT2D eigenvalue weighted by Gasteiger charge is -2.55. The van der Waals surface area contributed by atoms with Gasteiger partial charge >= 0.3 is 0 Å². The van der Waals surface area contributed by atoms with Gasteiger partial charge in [-0.15, -0.1) is 6.58 Å². The number of rotatable bonds is 4. The van der Waals surface area contributed by atoms with E-state index >= 15 is 0 Å². The molecule has 2 aliphatic rings. The zero-order chi connectivity index (χ0) is 19.9. The molecule has 2 aliphatic heterocycles. The van der Waals surface area contributed by atoms with Crippen molar-refractivity contribution in [1.82, 2.24) is 10.2 Å². The standard InChI is InChI=1S/C21H20ClN3O2S/c1-3-12-25-20(28)24-18-15-6-4-5-7-16(15)27-21(25,2)17(18)19(26)23-14-10-8-13(22)9-11-14/h3-11,17-18H,1,12H2,2H3,(H,23,26)(H,24,28)/t17-,18-,21-/m0/s1. The zero-order valence-corrected chi connectivity index (χ0v) is 16.9. The second-order valence-corrected chi connectivity index (χ2v) is 7.82. The van der Waals surface area contributed by atoms with Gasteiger partial charge < -0.3 is 20.3 Å². The number of para-hydroxylation sites is 1. The Morgan fingerprint density at radius 3 is 2.79 bits per heavy atom. The van der Waals surface area contributed by atoms with Crippen LogP contribution in [-0.2, 0) is 4.79 Å². The summed E-state index contributed by atoms with van der Waals surface area (Å²) >= 11 is 11.5. The number of ether oxygens (including phenoxy) is 1. The Morgan fingerprint density at radius 1 is 1.36 bits per heavy atom. The van der Waals surface area contributed by atoms with Crippen LogP contribution in [0.3, 0.4) is 0 Å². The molecule has 2 aromatic rings. The molecule has 0 aliphatic carbocycles. The van der Waals surface area contributed by atoms with Crippen molar-refractivity contribution in [1.29, 1.82) is 0 Å². The Kier molecular flexibility index (Phi) is 4.77. The van der Waals surface area contributed by atoms with Crippen LogP contribution in [-0.4, -0.2) is 28.2 Å². The largest absolute Gasteiger partial charge is 0.467 e. The first-order chi connectivity index (χ1) is 13.4. The minimum absolute atomic E-state index is 0.159. The lowest BCUT2D eigenvalue weighted by atomic mass is 9.79. The second-order valence-electron chi connectivity index (χ2n) is 6.99.